The van der Waals surface area contributed by atoms with Crippen molar-refractivity contribution in [3.8, 4) is 0 Å². The Kier molecular flexibility index (Phi) is 7.91. The Morgan fingerprint density at radius 3 is 2.51 bits per heavy atom. The second kappa shape index (κ2) is 11.4. The Bertz CT molecular complexity index is 1690. The van der Waals surface area contributed by atoms with Crippen LogP contribution in [0.5, 0.6) is 0 Å². The number of alkyl halides is 2. The van der Waals surface area contributed by atoms with Crippen LogP contribution in [0.25, 0.3) is 10.9 Å². The van der Waals surface area contributed by atoms with Crippen LogP contribution in [0.4, 0.5) is 30.4 Å². The zero-order valence-electron chi connectivity index (χ0n) is 22.4. The number of aromatic nitrogens is 2. The van der Waals surface area contributed by atoms with Gasteiger partial charge in [0.1, 0.15) is 12.5 Å². The van der Waals surface area contributed by atoms with Crippen molar-refractivity contribution in [1.82, 2.24) is 15.1 Å². The number of likely N-dealkylation sites (N-methyl/N-ethyl adjacent to an activating group) is 1. The average Bonchev–Trinajstić information content (AvgIpc) is 3.38. The Morgan fingerprint density at radius 1 is 1.07 bits per heavy atom. The van der Waals surface area contributed by atoms with Crippen LogP contribution in [0, 0.1) is 5.82 Å². The molecule has 216 valence electrons. The minimum Gasteiger partial charge on any atom is -0.369 e. The number of anilines is 3. The highest BCUT2D eigenvalue weighted by Crippen LogP contribution is 2.31. The number of carbonyl (C=O) groups is 1. The van der Waals surface area contributed by atoms with E-state index in [1.165, 1.54) is 37.4 Å². The van der Waals surface area contributed by atoms with E-state index in [-0.39, 0.29) is 26.9 Å². The van der Waals surface area contributed by atoms with E-state index in [9.17, 15) is 26.4 Å². The Hall–Kier alpha value is -4.10. The Labute approximate surface area is 235 Å². The average molecular weight is 587 g/mol. The number of hydrogen-bond donors (Lipinski definition) is 2. The molecule has 4 aromatic rings. The number of fused-ring (bicyclic) bond motifs is 1. The number of piperazine rings is 1. The molecule has 41 heavy (non-hydrogen) atoms. The normalized spacial score (nSPS) is 15.2. The van der Waals surface area contributed by atoms with Crippen molar-refractivity contribution >= 4 is 43.8 Å². The third kappa shape index (κ3) is 5.72. The lowest BCUT2D eigenvalue weighted by molar-refractivity contribution is 0.102. The molecule has 2 N–H and O–H groups in total. The van der Waals surface area contributed by atoms with E-state index in [2.05, 4.69) is 25.3 Å². The Morgan fingerprint density at radius 2 is 1.80 bits per heavy atom. The molecule has 1 fully saturated rings. The first-order valence-corrected chi connectivity index (χ1v) is 14.4. The van der Waals surface area contributed by atoms with Gasteiger partial charge in [-0.1, -0.05) is 6.07 Å². The summed E-state index contributed by atoms with van der Waals surface area (Å²) in [5.74, 6) is -1.29. The number of hydrogen-bond acceptors (Lipinski definition) is 7. The number of amides is 1. The maximum Gasteiger partial charge on any atom is 0.258 e. The van der Waals surface area contributed by atoms with E-state index in [1.54, 1.807) is 18.2 Å². The molecular weight excluding hydrogens is 557 g/mol. The molecule has 5 rings (SSSR count). The zero-order valence-corrected chi connectivity index (χ0v) is 23.3. The minimum atomic E-state index is -4.06. The summed E-state index contributed by atoms with van der Waals surface area (Å²) < 4.78 is 67.8. The molecule has 0 saturated carbocycles. The van der Waals surface area contributed by atoms with Crippen molar-refractivity contribution in [3.63, 3.8) is 0 Å². The molecule has 0 radical (unpaired) electrons. The van der Waals surface area contributed by atoms with Crippen LogP contribution in [0.2, 0.25) is 0 Å². The van der Waals surface area contributed by atoms with Crippen molar-refractivity contribution in [2.24, 2.45) is 0 Å². The molecule has 2 heterocycles. The van der Waals surface area contributed by atoms with Gasteiger partial charge in [-0.25, -0.2) is 21.6 Å². The molecule has 1 unspecified atom stereocenters. The van der Waals surface area contributed by atoms with E-state index in [1.807, 2.05) is 7.05 Å². The van der Waals surface area contributed by atoms with Crippen LogP contribution in [0.3, 0.4) is 0 Å². The third-order valence-electron chi connectivity index (χ3n) is 7.20. The number of halogens is 3. The van der Waals surface area contributed by atoms with Crippen molar-refractivity contribution in [1.29, 1.82) is 0 Å². The van der Waals surface area contributed by atoms with E-state index in [0.717, 1.165) is 48.9 Å². The van der Waals surface area contributed by atoms with E-state index in [0.29, 0.717) is 10.9 Å². The van der Waals surface area contributed by atoms with Crippen LogP contribution >= 0.6 is 0 Å². The molecule has 9 nitrogen and oxygen atoms in total. The standard InChI is InChI=1S/C28H29F3N6O3S/c1-35-10-12-37(13-11-35)19-6-8-22(25(15-19)36(2)26(31)17-29)28(38)32-27-23-16-21(7-9-24(23)33-34-27)41(39,40)20-5-3-4-18(30)14-20/h3-9,14-16,26H,10-13,17H2,1-2H3,(H2,32,33,34,38). The van der Waals surface area contributed by atoms with Gasteiger partial charge in [0, 0.05) is 44.3 Å². The number of aromatic amines is 1. The fourth-order valence-electron chi connectivity index (χ4n) is 4.72. The van der Waals surface area contributed by atoms with Gasteiger partial charge in [0.2, 0.25) is 16.1 Å². The summed E-state index contributed by atoms with van der Waals surface area (Å²) in [5, 5.41) is 9.83. The predicted molar refractivity (Wildman–Crippen MR) is 151 cm³/mol. The lowest BCUT2D eigenvalue weighted by Crippen LogP contribution is -2.44. The SMILES string of the molecule is CN1CCN(c2ccc(C(=O)Nc3n[nH]c4ccc(S(=O)(=O)c5cccc(F)c5)cc34)c(N(C)C(F)CF)c2)CC1. The number of benzene rings is 3. The molecule has 1 amide bonds. The van der Waals surface area contributed by atoms with E-state index >= 15 is 0 Å². The van der Waals surface area contributed by atoms with Crippen molar-refractivity contribution in [3.05, 3.63) is 72.0 Å². The van der Waals surface area contributed by atoms with Crippen LogP contribution in [0.15, 0.2) is 70.5 Å². The number of rotatable bonds is 8. The van der Waals surface area contributed by atoms with Crippen LogP contribution in [-0.4, -0.2) is 82.7 Å². The summed E-state index contributed by atoms with van der Waals surface area (Å²) in [6, 6.07) is 13.8. The van der Waals surface area contributed by atoms with Gasteiger partial charge >= 0.3 is 0 Å². The van der Waals surface area contributed by atoms with Crippen LogP contribution in [-0.2, 0) is 9.84 Å². The fourth-order valence-corrected chi connectivity index (χ4v) is 6.04. The topological polar surface area (TPSA) is 102 Å². The van der Waals surface area contributed by atoms with Gasteiger partial charge in [0.25, 0.3) is 5.91 Å². The first-order chi connectivity index (χ1) is 19.6. The molecule has 13 heteroatoms. The minimum absolute atomic E-state index is 0.0420. The summed E-state index contributed by atoms with van der Waals surface area (Å²) in [4.78, 5) is 18.5. The predicted octanol–water partition coefficient (Wildman–Crippen LogP) is 4.24. The number of sulfone groups is 1. The molecule has 0 spiro atoms. The summed E-state index contributed by atoms with van der Waals surface area (Å²) in [6.45, 7) is 1.91. The highest BCUT2D eigenvalue weighted by atomic mass is 32.2. The number of carbonyl (C=O) groups excluding carboxylic acids is 1. The molecule has 0 aliphatic carbocycles. The summed E-state index contributed by atoms with van der Waals surface area (Å²) in [7, 11) is -0.666. The van der Waals surface area contributed by atoms with Gasteiger partial charge in [-0.3, -0.25) is 9.89 Å². The maximum absolute atomic E-state index is 14.5. The van der Waals surface area contributed by atoms with Crippen molar-refractivity contribution in [2.45, 2.75) is 16.1 Å². The van der Waals surface area contributed by atoms with Gasteiger partial charge < -0.3 is 20.0 Å². The molecular formula is C28H29F3N6O3S. The number of nitrogens with one attached hydrogen (secondary N) is 2. The fraction of sp³-hybridized carbons (Fsp3) is 0.286. The first-order valence-electron chi connectivity index (χ1n) is 12.9. The molecule has 1 aliphatic rings. The van der Waals surface area contributed by atoms with Crippen molar-refractivity contribution in [2.75, 3.05) is 62.1 Å². The maximum atomic E-state index is 14.5. The summed E-state index contributed by atoms with van der Waals surface area (Å²) >= 11 is 0. The molecule has 3 aromatic carbocycles. The molecule has 0 bridgehead atoms. The smallest absolute Gasteiger partial charge is 0.258 e. The highest BCUT2D eigenvalue weighted by Gasteiger charge is 2.25. The molecule has 1 aromatic heterocycles. The van der Waals surface area contributed by atoms with Gasteiger partial charge in [-0.2, -0.15) is 5.10 Å². The lowest BCUT2D eigenvalue weighted by atomic mass is 10.1. The second-order valence-electron chi connectivity index (χ2n) is 9.89. The molecule has 1 aliphatic heterocycles. The van der Waals surface area contributed by atoms with Gasteiger partial charge in [0.15, 0.2) is 5.82 Å². The number of nitrogens with zero attached hydrogens (tertiary/aromatic N) is 4. The van der Waals surface area contributed by atoms with Gasteiger partial charge in [-0.05, 0) is 61.6 Å². The second-order valence-corrected chi connectivity index (χ2v) is 11.8. The number of H-pyrrole nitrogens is 1. The van der Waals surface area contributed by atoms with Crippen LogP contribution in [0.1, 0.15) is 10.4 Å². The largest absolute Gasteiger partial charge is 0.369 e. The summed E-state index contributed by atoms with van der Waals surface area (Å²) in [6.07, 6.45) is -1.97. The first kappa shape index (κ1) is 28.4. The monoisotopic (exact) mass is 586 g/mol. The Balaban J connectivity index is 1.48. The summed E-state index contributed by atoms with van der Waals surface area (Å²) in [5.41, 5.74) is 1.50. The molecule has 1 atom stereocenters. The quantitative estimate of drug-likeness (QED) is 0.298. The van der Waals surface area contributed by atoms with Crippen LogP contribution < -0.4 is 15.1 Å². The highest BCUT2D eigenvalue weighted by molar-refractivity contribution is 7.91. The van der Waals surface area contributed by atoms with Gasteiger partial charge in [-0.15, -0.1) is 0 Å². The lowest BCUT2D eigenvalue weighted by Gasteiger charge is -2.35. The van der Waals surface area contributed by atoms with Crippen molar-refractivity contribution < 1.29 is 26.4 Å². The van der Waals surface area contributed by atoms with E-state index < -0.39 is 34.5 Å². The third-order valence-corrected chi connectivity index (χ3v) is 8.95. The molecule has 1 saturated heterocycles. The zero-order chi connectivity index (χ0) is 29.3. The van der Waals surface area contributed by atoms with Gasteiger partial charge in [0.05, 0.1) is 26.6 Å². The van der Waals surface area contributed by atoms with E-state index in [4.69, 9.17) is 0 Å².